The Morgan fingerprint density at radius 1 is 1.31 bits per heavy atom. The van der Waals surface area contributed by atoms with Crippen LogP contribution >= 0.6 is 0 Å². The van der Waals surface area contributed by atoms with E-state index in [9.17, 15) is 9.90 Å². The third-order valence-electron chi connectivity index (χ3n) is 1.74. The van der Waals surface area contributed by atoms with Crippen LogP contribution in [-0.2, 0) is 9.53 Å². The van der Waals surface area contributed by atoms with E-state index in [1.807, 2.05) is 0 Å². The quantitative estimate of drug-likeness (QED) is 0.225. The SMILES string of the molecule is O=C(NO)[C@H]1O[CH][C@H](O)[C@@H](O)[C@@H]1O. The highest BCUT2D eigenvalue weighted by Gasteiger charge is 2.41. The molecule has 7 nitrogen and oxygen atoms in total. The molecule has 1 saturated heterocycles. The highest BCUT2D eigenvalue weighted by molar-refractivity contribution is 5.80. The number of hydroxylamine groups is 1. The fourth-order valence-corrected chi connectivity index (χ4v) is 0.988. The number of carbonyl (C=O) groups excluding carboxylic acids is 1. The Morgan fingerprint density at radius 3 is 2.46 bits per heavy atom. The van der Waals surface area contributed by atoms with Crippen LogP contribution in [0.1, 0.15) is 0 Å². The van der Waals surface area contributed by atoms with Gasteiger partial charge in [0, 0.05) is 0 Å². The molecule has 1 aliphatic heterocycles. The summed E-state index contributed by atoms with van der Waals surface area (Å²) in [5, 5.41) is 35.4. The predicted octanol–water partition coefficient (Wildman–Crippen LogP) is -2.86. The molecule has 0 aromatic carbocycles. The van der Waals surface area contributed by atoms with Crippen molar-refractivity contribution < 1.29 is 30.1 Å². The molecule has 0 aromatic heterocycles. The second-order valence-electron chi connectivity index (χ2n) is 2.64. The van der Waals surface area contributed by atoms with Crippen molar-refractivity contribution in [1.29, 1.82) is 0 Å². The van der Waals surface area contributed by atoms with Gasteiger partial charge in [-0.1, -0.05) is 0 Å². The highest BCUT2D eigenvalue weighted by atomic mass is 16.5. The lowest BCUT2D eigenvalue weighted by Crippen LogP contribution is -2.55. The normalized spacial score (nSPS) is 40.0. The summed E-state index contributed by atoms with van der Waals surface area (Å²) in [6.07, 6.45) is -5.84. The molecule has 13 heavy (non-hydrogen) atoms. The van der Waals surface area contributed by atoms with Crippen molar-refractivity contribution in [1.82, 2.24) is 5.48 Å². The summed E-state index contributed by atoms with van der Waals surface area (Å²) >= 11 is 0. The summed E-state index contributed by atoms with van der Waals surface area (Å²) in [4.78, 5) is 10.8. The first-order chi connectivity index (χ1) is 6.07. The molecule has 1 rings (SSSR count). The third kappa shape index (κ3) is 1.95. The van der Waals surface area contributed by atoms with Crippen LogP contribution in [0, 0.1) is 6.61 Å². The number of hydrogen-bond acceptors (Lipinski definition) is 6. The lowest BCUT2D eigenvalue weighted by atomic mass is 10.00. The molecule has 0 aromatic rings. The van der Waals surface area contributed by atoms with Gasteiger partial charge in [-0.25, -0.2) is 5.48 Å². The summed E-state index contributed by atoms with van der Waals surface area (Å²) in [5.41, 5.74) is 1.26. The van der Waals surface area contributed by atoms with Crippen LogP contribution in [0.3, 0.4) is 0 Å². The van der Waals surface area contributed by atoms with Crippen molar-refractivity contribution in [3.05, 3.63) is 6.61 Å². The van der Waals surface area contributed by atoms with Gasteiger partial charge in [0.25, 0.3) is 5.91 Å². The largest absolute Gasteiger partial charge is 0.387 e. The Morgan fingerprint density at radius 2 is 1.92 bits per heavy atom. The number of aliphatic hydroxyl groups is 3. The molecule has 0 bridgehead atoms. The monoisotopic (exact) mass is 192 g/mol. The summed E-state index contributed by atoms with van der Waals surface area (Å²) in [5.74, 6) is -0.991. The van der Waals surface area contributed by atoms with E-state index in [-0.39, 0.29) is 0 Å². The second-order valence-corrected chi connectivity index (χ2v) is 2.64. The van der Waals surface area contributed by atoms with E-state index in [0.717, 1.165) is 6.61 Å². The van der Waals surface area contributed by atoms with E-state index in [1.165, 1.54) is 5.48 Å². The molecule has 0 aliphatic carbocycles. The van der Waals surface area contributed by atoms with Gasteiger partial charge in [-0.3, -0.25) is 10.0 Å². The van der Waals surface area contributed by atoms with E-state index in [1.54, 1.807) is 0 Å². The minimum Gasteiger partial charge on any atom is -0.387 e. The Balaban J connectivity index is 2.63. The first-order valence-corrected chi connectivity index (χ1v) is 3.55. The minimum absolute atomic E-state index is 0.817. The number of nitrogens with one attached hydrogen (secondary N) is 1. The third-order valence-corrected chi connectivity index (χ3v) is 1.74. The van der Waals surface area contributed by atoms with Crippen LogP contribution in [0.2, 0.25) is 0 Å². The molecule has 1 radical (unpaired) electrons. The van der Waals surface area contributed by atoms with Crippen LogP contribution < -0.4 is 5.48 Å². The maximum Gasteiger partial charge on any atom is 0.275 e. The molecule has 1 fully saturated rings. The van der Waals surface area contributed by atoms with E-state index < -0.39 is 30.3 Å². The van der Waals surface area contributed by atoms with Crippen LogP contribution in [-0.4, -0.2) is 50.8 Å². The Hall–Kier alpha value is -0.730. The van der Waals surface area contributed by atoms with Gasteiger partial charge in [-0.15, -0.1) is 0 Å². The minimum atomic E-state index is -1.58. The van der Waals surface area contributed by atoms with Crippen LogP contribution in [0.5, 0.6) is 0 Å². The number of amides is 1. The van der Waals surface area contributed by atoms with Gasteiger partial charge < -0.3 is 20.1 Å². The number of carbonyl (C=O) groups is 1. The molecule has 5 N–H and O–H groups in total. The number of rotatable bonds is 1. The van der Waals surface area contributed by atoms with Gasteiger partial charge >= 0.3 is 0 Å². The average Bonchev–Trinajstić information content (AvgIpc) is 2.13. The molecule has 75 valence electrons. The van der Waals surface area contributed by atoms with E-state index in [4.69, 9.17) is 15.4 Å². The molecule has 7 heteroatoms. The molecule has 0 saturated carbocycles. The molecule has 0 spiro atoms. The van der Waals surface area contributed by atoms with Crippen molar-refractivity contribution in [3.8, 4) is 0 Å². The lowest BCUT2D eigenvalue weighted by Gasteiger charge is -2.33. The predicted molar refractivity (Wildman–Crippen MR) is 37.1 cm³/mol. The van der Waals surface area contributed by atoms with Gasteiger partial charge in [0.2, 0.25) is 0 Å². The fraction of sp³-hybridized carbons (Fsp3) is 0.667. The summed E-state index contributed by atoms with van der Waals surface area (Å²) in [6, 6.07) is 0. The standard InChI is InChI=1S/C6H10NO6/c8-2-1-13-5(6(11)7-12)4(10)3(2)9/h1-5,8-10,12H,(H,7,11)/t2-,3+,4-,5-/m0/s1. The zero-order valence-corrected chi connectivity index (χ0v) is 6.49. The van der Waals surface area contributed by atoms with Gasteiger partial charge in [-0.05, 0) is 0 Å². The molecule has 1 amide bonds. The van der Waals surface area contributed by atoms with Gasteiger partial charge in [-0.2, -0.15) is 0 Å². The average molecular weight is 192 g/mol. The van der Waals surface area contributed by atoms with Gasteiger partial charge in [0.05, 0.1) is 0 Å². The Bertz CT molecular complexity index is 198. The van der Waals surface area contributed by atoms with Gasteiger partial charge in [0.15, 0.2) is 6.10 Å². The van der Waals surface area contributed by atoms with E-state index >= 15 is 0 Å². The number of hydrogen-bond donors (Lipinski definition) is 5. The maximum atomic E-state index is 10.8. The summed E-state index contributed by atoms with van der Waals surface area (Å²) < 4.78 is 4.57. The van der Waals surface area contributed by atoms with Crippen molar-refractivity contribution in [2.45, 2.75) is 24.4 Å². The van der Waals surface area contributed by atoms with Gasteiger partial charge in [0.1, 0.15) is 24.9 Å². The molecular weight excluding hydrogens is 182 g/mol. The van der Waals surface area contributed by atoms with Crippen LogP contribution in [0.15, 0.2) is 0 Å². The van der Waals surface area contributed by atoms with E-state index in [0.29, 0.717) is 0 Å². The van der Waals surface area contributed by atoms with Crippen molar-refractivity contribution in [2.24, 2.45) is 0 Å². The first kappa shape index (κ1) is 10.4. The molecule has 1 aliphatic rings. The van der Waals surface area contributed by atoms with Crippen molar-refractivity contribution in [2.75, 3.05) is 0 Å². The zero-order valence-electron chi connectivity index (χ0n) is 6.49. The molecule has 0 unspecified atom stereocenters. The summed E-state index contributed by atoms with van der Waals surface area (Å²) in [6.45, 7) is 0.817. The highest BCUT2D eigenvalue weighted by Crippen LogP contribution is 2.18. The number of ether oxygens (including phenoxy) is 1. The Labute approximate surface area is 73.5 Å². The van der Waals surface area contributed by atoms with Crippen molar-refractivity contribution in [3.63, 3.8) is 0 Å². The Kier molecular flexibility index (Phi) is 3.17. The second kappa shape index (κ2) is 3.99. The zero-order chi connectivity index (χ0) is 10.0. The fourth-order valence-electron chi connectivity index (χ4n) is 0.988. The molecular formula is C6H10NO6. The smallest absolute Gasteiger partial charge is 0.275 e. The van der Waals surface area contributed by atoms with Crippen LogP contribution in [0.4, 0.5) is 0 Å². The topological polar surface area (TPSA) is 119 Å². The summed E-state index contributed by atoms with van der Waals surface area (Å²) in [7, 11) is 0. The molecule has 4 atom stereocenters. The first-order valence-electron chi connectivity index (χ1n) is 3.55. The maximum absolute atomic E-state index is 10.8. The van der Waals surface area contributed by atoms with Crippen molar-refractivity contribution >= 4 is 5.91 Å². The molecule has 1 heterocycles. The lowest BCUT2D eigenvalue weighted by molar-refractivity contribution is -0.179. The van der Waals surface area contributed by atoms with Crippen LogP contribution in [0.25, 0.3) is 0 Å². The number of aliphatic hydroxyl groups excluding tert-OH is 3. The van der Waals surface area contributed by atoms with E-state index in [2.05, 4.69) is 4.74 Å².